The summed E-state index contributed by atoms with van der Waals surface area (Å²) in [6, 6.07) is 8.44. The third-order valence-corrected chi connectivity index (χ3v) is 3.95. The lowest BCUT2D eigenvalue weighted by Gasteiger charge is -2.06. The molecule has 0 bridgehead atoms. The Morgan fingerprint density at radius 1 is 1.28 bits per heavy atom. The van der Waals surface area contributed by atoms with E-state index < -0.39 is 17.8 Å². The largest absolute Gasteiger partial charge is 0.478 e. The molecule has 3 rings (SSSR count). The SMILES string of the molecule is COC(=O)c1nn(Cc2ccc(Cl)cc2F)c2cc(C(=O)O)ccc12. The minimum atomic E-state index is -1.12. The van der Waals surface area contributed by atoms with Gasteiger partial charge >= 0.3 is 11.9 Å². The number of hydrogen-bond donors (Lipinski definition) is 1. The van der Waals surface area contributed by atoms with Crippen molar-refractivity contribution in [2.75, 3.05) is 7.11 Å². The summed E-state index contributed by atoms with van der Waals surface area (Å²) in [6.45, 7) is -0.000428. The number of carboxylic acid groups (broad SMARTS) is 1. The van der Waals surface area contributed by atoms with Crippen LogP contribution < -0.4 is 0 Å². The highest BCUT2D eigenvalue weighted by atomic mass is 35.5. The lowest BCUT2D eigenvalue weighted by Crippen LogP contribution is -2.07. The van der Waals surface area contributed by atoms with Crippen molar-refractivity contribution < 1.29 is 23.8 Å². The predicted molar refractivity (Wildman–Crippen MR) is 88.5 cm³/mol. The van der Waals surface area contributed by atoms with Crippen LogP contribution in [0.25, 0.3) is 10.9 Å². The van der Waals surface area contributed by atoms with Gasteiger partial charge in [0.2, 0.25) is 0 Å². The first-order valence-corrected chi connectivity index (χ1v) is 7.54. The van der Waals surface area contributed by atoms with E-state index in [0.717, 1.165) is 0 Å². The molecule has 25 heavy (non-hydrogen) atoms. The van der Waals surface area contributed by atoms with E-state index in [2.05, 4.69) is 5.10 Å². The Bertz CT molecular complexity index is 1000. The standard InChI is InChI=1S/C17H12ClFN2O4/c1-25-17(24)15-12-5-3-9(16(22)23)6-14(12)21(20-15)8-10-2-4-11(18)7-13(10)19/h2-7H,8H2,1H3,(H,22,23). The molecule has 0 aliphatic heterocycles. The van der Waals surface area contributed by atoms with E-state index >= 15 is 0 Å². The molecule has 0 saturated carbocycles. The number of hydrogen-bond acceptors (Lipinski definition) is 4. The number of nitrogens with zero attached hydrogens (tertiary/aromatic N) is 2. The van der Waals surface area contributed by atoms with Crippen LogP contribution in [0.3, 0.4) is 0 Å². The minimum Gasteiger partial charge on any atom is -0.478 e. The Kier molecular flexibility index (Phi) is 4.41. The highest BCUT2D eigenvalue weighted by molar-refractivity contribution is 6.30. The van der Waals surface area contributed by atoms with Gasteiger partial charge in [-0.05, 0) is 30.3 Å². The Balaban J connectivity index is 2.16. The number of benzene rings is 2. The van der Waals surface area contributed by atoms with Crippen LogP contribution in [-0.4, -0.2) is 33.9 Å². The van der Waals surface area contributed by atoms with Gasteiger partial charge in [0.05, 0.1) is 24.7 Å². The third kappa shape index (κ3) is 3.18. The molecule has 3 aromatic rings. The Labute approximate surface area is 146 Å². The van der Waals surface area contributed by atoms with Gasteiger partial charge in [-0.2, -0.15) is 5.10 Å². The van der Waals surface area contributed by atoms with Crippen LogP contribution in [0.5, 0.6) is 0 Å². The average molecular weight is 363 g/mol. The zero-order valence-corrected chi connectivity index (χ0v) is 13.7. The second kappa shape index (κ2) is 6.52. The number of fused-ring (bicyclic) bond motifs is 1. The highest BCUT2D eigenvalue weighted by Gasteiger charge is 2.20. The van der Waals surface area contributed by atoms with Crippen LogP contribution in [0, 0.1) is 5.82 Å². The molecule has 0 radical (unpaired) electrons. The topological polar surface area (TPSA) is 81.4 Å². The lowest BCUT2D eigenvalue weighted by atomic mass is 10.1. The van der Waals surface area contributed by atoms with E-state index in [1.54, 1.807) is 0 Å². The van der Waals surface area contributed by atoms with Gasteiger partial charge in [0.25, 0.3) is 0 Å². The highest BCUT2D eigenvalue weighted by Crippen LogP contribution is 2.23. The Hall–Kier alpha value is -2.93. The van der Waals surface area contributed by atoms with Crippen LogP contribution in [0.1, 0.15) is 26.4 Å². The Morgan fingerprint density at radius 2 is 2.04 bits per heavy atom. The third-order valence-electron chi connectivity index (χ3n) is 3.71. The number of aromatic nitrogens is 2. The first-order valence-electron chi connectivity index (χ1n) is 7.17. The second-order valence-electron chi connectivity index (χ2n) is 5.27. The van der Waals surface area contributed by atoms with Crippen LogP contribution in [0.15, 0.2) is 36.4 Å². The quantitative estimate of drug-likeness (QED) is 0.720. The van der Waals surface area contributed by atoms with Gasteiger partial charge in [0, 0.05) is 16.0 Å². The maximum absolute atomic E-state index is 14.1. The molecule has 0 atom stereocenters. The number of halogens is 2. The number of carbonyl (C=O) groups excluding carboxylic acids is 1. The van der Waals surface area contributed by atoms with E-state index in [1.165, 1.54) is 48.2 Å². The summed E-state index contributed by atoms with van der Waals surface area (Å²) in [5.41, 5.74) is 0.742. The maximum atomic E-state index is 14.1. The van der Waals surface area contributed by atoms with Crippen molar-refractivity contribution in [3.05, 3.63) is 64.1 Å². The number of aromatic carboxylic acids is 1. The van der Waals surface area contributed by atoms with Gasteiger partial charge in [-0.3, -0.25) is 4.68 Å². The molecule has 128 valence electrons. The second-order valence-corrected chi connectivity index (χ2v) is 5.71. The summed E-state index contributed by atoms with van der Waals surface area (Å²) in [7, 11) is 1.22. The number of esters is 1. The van der Waals surface area contributed by atoms with Gasteiger partial charge in [0.15, 0.2) is 5.69 Å². The zero-order chi connectivity index (χ0) is 18.1. The van der Waals surface area contributed by atoms with E-state index in [4.69, 9.17) is 21.4 Å². The predicted octanol–water partition coefficient (Wildman–Crippen LogP) is 3.36. The molecule has 0 aliphatic rings. The van der Waals surface area contributed by atoms with Crippen LogP contribution in [-0.2, 0) is 11.3 Å². The van der Waals surface area contributed by atoms with Gasteiger partial charge in [-0.1, -0.05) is 17.7 Å². The first-order chi connectivity index (χ1) is 11.9. The van der Waals surface area contributed by atoms with Crippen molar-refractivity contribution in [2.24, 2.45) is 0 Å². The fourth-order valence-electron chi connectivity index (χ4n) is 2.49. The molecule has 0 aliphatic carbocycles. The van der Waals surface area contributed by atoms with Crippen LogP contribution in [0.2, 0.25) is 5.02 Å². The average Bonchev–Trinajstić information content (AvgIpc) is 2.94. The summed E-state index contributed by atoms with van der Waals surface area (Å²) < 4.78 is 20.1. The van der Waals surface area contributed by atoms with Gasteiger partial charge < -0.3 is 9.84 Å². The molecule has 0 unspecified atom stereocenters. The molecule has 2 aromatic carbocycles. The minimum absolute atomic E-state index is 0.000428. The molecule has 6 nitrogen and oxygen atoms in total. The number of methoxy groups -OCH3 is 1. The number of ether oxygens (including phenoxy) is 1. The van der Waals surface area contributed by atoms with Crippen molar-refractivity contribution in [3.63, 3.8) is 0 Å². The molecule has 0 fully saturated rings. The zero-order valence-electron chi connectivity index (χ0n) is 13.0. The van der Waals surface area contributed by atoms with Crippen molar-refractivity contribution in [1.82, 2.24) is 9.78 Å². The maximum Gasteiger partial charge on any atom is 0.359 e. The van der Waals surface area contributed by atoms with E-state index in [0.29, 0.717) is 16.5 Å². The van der Waals surface area contributed by atoms with E-state index in [-0.39, 0.29) is 22.8 Å². The Morgan fingerprint density at radius 3 is 2.68 bits per heavy atom. The fraction of sp³-hybridized carbons (Fsp3) is 0.118. The molecule has 0 saturated heterocycles. The van der Waals surface area contributed by atoms with Crippen molar-refractivity contribution >= 4 is 34.4 Å². The van der Waals surface area contributed by atoms with Crippen molar-refractivity contribution in [1.29, 1.82) is 0 Å². The number of carboxylic acids is 1. The van der Waals surface area contributed by atoms with Crippen molar-refractivity contribution in [3.8, 4) is 0 Å². The van der Waals surface area contributed by atoms with Gasteiger partial charge in [0.1, 0.15) is 5.82 Å². The fourth-order valence-corrected chi connectivity index (χ4v) is 2.64. The summed E-state index contributed by atoms with van der Waals surface area (Å²) in [5.74, 6) is -2.31. The summed E-state index contributed by atoms with van der Waals surface area (Å²) in [6.07, 6.45) is 0. The number of carbonyl (C=O) groups is 2. The molecule has 8 heteroatoms. The molecular weight excluding hydrogens is 351 g/mol. The van der Waals surface area contributed by atoms with E-state index in [1.807, 2.05) is 0 Å². The summed E-state index contributed by atoms with van der Waals surface area (Å²) >= 11 is 5.75. The number of rotatable bonds is 4. The summed E-state index contributed by atoms with van der Waals surface area (Å²) in [5, 5.41) is 14.0. The smallest absolute Gasteiger partial charge is 0.359 e. The van der Waals surface area contributed by atoms with Gasteiger partial charge in [-0.15, -0.1) is 0 Å². The molecule has 1 aromatic heterocycles. The monoisotopic (exact) mass is 362 g/mol. The molecule has 1 heterocycles. The van der Waals surface area contributed by atoms with E-state index in [9.17, 15) is 14.0 Å². The van der Waals surface area contributed by atoms with Gasteiger partial charge in [-0.25, -0.2) is 14.0 Å². The normalized spacial score (nSPS) is 10.8. The molecular formula is C17H12ClFN2O4. The summed E-state index contributed by atoms with van der Waals surface area (Å²) in [4.78, 5) is 23.1. The first kappa shape index (κ1) is 16.9. The molecule has 0 spiro atoms. The van der Waals surface area contributed by atoms with Crippen molar-refractivity contribution in [2.45, 2.75) is 6.54 Å². The lowest BCUT2D eigenvalue weighted by molar-refractivity contribution is 0.0594. The van der Waals surface area contributed by atoms with Crippen LogP contribution >= 0.6 is 11.6 Å². The molecule has 0 amide bonds. The molecule has 1 N–H and O–H groups in total. The van der Waals surface area contributed by atoms with Crippen LogP contribution in [0.4, 0.5) is 4.39 Å².